The van der Waals surface area contributed by atoms with Crippen molar-refractivity contribution in [3.8, 4) is 11.3 Å². The summed E-state index contributed by atoms with van der Waals surface area (Å²) in [7, 11) is 1.95. The number of hydrogen-bond donors (Lipinski definition) is 1. The standard InChI is InChI=1S/C14H16N2O.C12H18N2OS.C2H6/c1-10(2)16-8-13(9-17)14(15-16)12-6-4-11(3)5-7-12;1-10-3-4-11(13-2)9-12(10)16-14-5-7-15-8-6-14;1-2/h4-10H,1-3H3;3-4,9,13H,5-8H2,1-2H3;1-2H3. The number of nitrogens with one attached hydrogen (secondary N) is 1. The van der Waals surface area contributed by atoms with E-state index in [2.05, 4.69) is 39.8 Å². The Morgan fingerprint density at radius 2 is 1.71 bits per heavy atom. The highest BCUT2D eigenvalue weighted by atomic mass is 32.2. The smallest absolute Gasteiger partial charge is 0.153 e. The molecule has 2 heterocycles. The van der Waals surface area contributed by atoms with Gasteiger partial charge in [0, 0.05) is 48.5 Å². The Balaban J connectivity index is 0.000000231. The molecule has 1 fully saturated rings. The molecule has 1 aliphatic heterocycles. The molecule has 0 amide bonds. The number of morpholine rings is 1. The number of carbonyl (C=O) groups is 1. The SMILES string of the molecule is CC.CNc1ccc(C)c(SN2CCOCC2)c1.Cc1ccc(-c2nn(C(C)C)cc2C=O)cc1. The number of benzene rings is 2. The molecule has 0 unspecified atom stereocenters. The Bertz CT molecular complexity index is 1040. The second-order valence-electron chi connectivity index (χ2n) is 8.35. The van der Waals surface area contributed by atoms with Crippen LogP contribution in [0, 0.1) is 13.8 Å². The number of aromatic nitrogens is 2. The normalized spacial score (nSPS) is 13.4. The van der Waals surface area contributed by atoms with Gasteiger partial charge >= 0.3 is 0 Å². The van der Waals surface area contributed by atoms with E-state index in [1.165, 1.54) is 21.7 Å². The Morgan fingerprint density at radius 1 is 1.06 bits per heavy atom. The summed E-state index contributed by atoms with van der Waals surface area (Å²) in [5.74, 6) is 0. The van der Waals surface area contributed by atoms with Crippen molar-refractivity contribution in [1.29, 1.82) is 0 Å². The van der Waals surface area contributed by atoms with Gasteiger partial charge in [-0.2, -0.15) is 5.10 Å². The quantitative estimate of drug-likeness (QED) is 0.304. The number of aldehydes is 1. The van der Waals surface area contributed by atoms with Crippen LogP contribution in [-0.2, 0) is 4.74 Å². The average Bonchev–Trinajstić information content (AvgIpc) is 3.33. The molecule has 1 N–H and O–H groups in total. The van der Waals surface area contributed by atoms with Crippen molar-refractivity contribution in [2.45, 2.75) is 52.5 Å². The van der Waals surface area contributed by atoms with Crippen molar-refractivity contribution in [3.63, 3.8) is 0 Å². The lowest BCUT2D eigenvalue weighted by Crippen LogP contribution is -2.30. The molecule has 190 valence electrons. The third-order valence-electron chi connectivity index (χ3n) is 5.42. The summed E-state index contributed by atoms with van der Waals surface area (Å²) >= 11 is 1.83. The lowest BCUT2D eigenvalue weighted by atomic mass is 10.1. The molecular formula is C28H40N4O2S. The first-order chi connectivity index (χ1) is 16.9. The lowest BCUT2D eigenvalue weighted by Gasteiger charge is -2.26. The first-order valence-electron chi connectivity index (χ1n) is 12.3. The van der Waals surface area contributed by atoms with Gasteiger partial charge in [-0.1, -0.05) is 49.7 Å². The summed E-state index contributed by atoms with van der Waals surface area (Å²) in [6.45, 7) is 16.0. The third-order valence-corrected chi connectivity index (χ3v) is 6.68. The van der Waals surface area contributed by atoms with Gasteiger partial charge in [-0.3, -0.25) is 9.48 Å². The van der Waals surface area contributed by atoms with Crippen LogP contribution in [0.15, 0.2) is 53.6 Å². The van der Waals surface area contributed by atoms with Gasteiger partial charge in [0.1, 0.15) is 5.69 Å². The number of rotatable bonds is 6. The van der Waals surface area contributed by atoms with Crippen LogP contribution in [0.4, 0.5) is 5.69 Å². The molecule has 1 saturated heterocycles. The summed E-state index contributed by atoms with van der Waals surface area (Å²) < 4.78 is 9.53. The van der Waals surface area contributed by atoms with Crippen molar-refractivity contribution in [2.24, 2.45) is 0 Å². The van der Waals surface area contributed by atoms with Gasteiger partial charge < -0.3 is 10.1 Å². The van der Waals surface area contributed by atoms with E-state index in [-0.39, 0.29) is 6.04 Å². The van der Waals surface area contributed by atoms with Crippen molar-refractivity contribution in [3.05, 3.63) is 65.4 Å². The Labute approximate surface area is 215 Å². The summed E-state index contributed by atoms with van der Waals surface area (Å²) in [6.07, 6.45) is 2.66. The minimum atomic E-state index is 0.257. The number of anilines is 1. The zero-order valence-corrected chi connectivity index (χ0v) is 23.0. The fourth-order valence-corrected chi connectivity index (χ4v) is 4.32. The van der Waals surface area contributed by atoms with E-state index < -0.39 is 0 Å². The van der Waals surface area contributed by atoms with E-state index in [0.717, 1.165) is 43.8 Å². The third kappa shape index (κ3) is 8.53. The van der Waals surface area contributed by atoms with Crippen LogP contribution in [0.2, 0.25) is 0 Å². The Hall–Kier alpha value is -2.61. The number of hydrogen-bond acceptors (Lipinski definition) is 6. The van der Waals surface area contributed by atoms with E-state index >= 15 is 0 Å². The van der Waals surface area contributed by atoms with Gasteiger partial charge in [-0.15, -0.1) is 0 Å². The number of ether oxygens (including phenoxy) is 1. The lowest BCUT2D eigenvalue weighted by molar-refractivity contribution is 0.0773. The number of nitrogens with zero attached hydrogens (tertiary/aromatic N) is 3. The van der Waals surface area contributed by atoms with E-state index in [9.17, 15) is 4.79 Å². The maximum atomic E-state index is 11.1. The minimum Gasteiger partial charge on any atom is -0.388 e. The second-order valence-corrected chi connectivity index (χ2v) is 9.49. The van der Waals surface area contributed by atoms with E-state index in [1.807, 2.05) is 82.6 Å². The van der Waals surface area contributed by atoms with Gasteiger partial charge in [0.25, 0.3) is 0 Å². The molecule has 2 aromatic carbocycles. The molecule has 7 heteroatoms. The molecule has 4 rings (SSSR count). The largest absolute Gasteiger partial charge is 0.388 e. The van der Waals surface area contributed by atoms with Crippen molar-refractivity contribution < 1.29 is 9.53 Å². The predicted octanol–water partition coefficient (Wildman–Crippen LogP) is 6.65. The molecule has 0 atom stereocenters. The fourth-order valence-electron chi connectivity index (χ4n) is 3.32. The maximum absolute atomic E-state index is 11.1. The molecule has 0 radical (unpaired) electrons. The summed E-state index contributed by atoms with van der Waals surface area (Å²) in [5.41, 5.74) is 6.08. The van der Waals surface area contributed by atoms with Crippen molar-refractivity contribution in [1.82, 2.24) is 14.1 Å². The molecule has 0 saturated carbocycles. The maximum Gasteiger partial charge on any atom is 0.153 e. The highest BCUT2D eigenvalue weighted by Gasteiger charge is 2.13. The second kappa shape index (κ2) is 14.7. The van der Waals surface area contributed by atoms with E-state index in [0.29, 0.717) is 5.56 Å². The van der Waals surface area contributed by atoms with Gasteiger partial charge in [0.2, 0.25) is 0 Å². The summed E-state index contributed by atoms with van der Waals surface area (Å²) in [4.78, 5) is 12.4. The van der Waals surface area contributed by atoms with Crippen LogP contribution in [0.3, 0.4) is 0 Å². The van der Waals surface area contributed by atoms with Crippen molar-refractivity contribution in [2.75, 3.05) is 38.7 Å². The molecule has 1 aliphatic rings. The predicted molar refractivity (Wildman–Crippen MR) is 148 cm³/mol. The number of carbonyl (C=O) groups excluding carboxylic acids is 1. The van der Waals surface area contributed by atoms with E-state index in [4.69, 9.17) is 4.74 Å². The number of aryl methyl sites for hydroxylation is 2. The van der Waals surface area contributed by atoms with Crippen LogP contribution in [0.5, 0.6) is 0 Å². The zero-order chi connectivity index (χ0) is 25.8. The Morgan fingerprint density at radius 3 is 2.29 bits per heavy atom. The first kappa shape index (κ1) is 28.6. The van der Waals surface area contributed by atoms with Gasteiger partial charge in [-0.05, 0) is 57.3 Å². The molecular weight excluding hydrogens is 456 g/mol. The Kier molecular flexibility index (Phi) is 12.0. The van der Waals surface area contributed by atoms with Crippen LogP contribution >= 0.6 is 11.9 Å². The van der Waals surface area contributed by atoms with Gasteiger partial charge in [-0.25, -0.2) is 4.31 Å². The highest BCUT2D eigenvalue weighted by Crippen LogP contribution is 2.29. The van der Waals surface area contributed by atoms with Crippen LogP contribution in [-0.4, -0.2) is 53.7 Å². The van der Waals surface area contributed by atoms with Crippen LogP contribution in [0.25, 0.3) is 11.3 Å². The van der Waals surface area contributed by atoms with Gasteiger partial charge in [0.15, 0.2) is 6.29 Å². The molecule has 0 bridgehead atoms. The van der Waals surface area contributed by atoms with Crippen LogP contribution in [0.1, 0.15) is 55.2 Å². The molecule has 3 aromatic rings. The fraction of sp³-hybridized carbons (Fsp3) is 0.429. The molecule has 35 heavy (non-hydrogen) atoms. The highest BCUT2D eigenvalue weighted by molar-refractivity contribution is 7.97. The first-order valence-corrected chi connectivity index (χ1v) is 13.1. The van der Waals surface area contributed by atoms with Crippen molar-refractivity contribution >= 4 is 23.9 Å². The summed E-state index contributed by atoms with van der Waals surface area (Å²) in [6, 6.07) is 14.8. The molecule has 0 aliphatic carbocycles. The minimum absolute atomic E-state index is 0.257. The van der Waals surface area contributed by atoms with Crippen LogP contribution < -0.4 is 5.32 Å². The van der Waals surface area contributed by atoms with Gasteiger partial charge in [0.05, 0.1) is 18.8 Å². The monoisotopic (exact) mass is 496 g/mol. The topological polar surface area (TPSA) is 59.4 Å². The molecule has 6 nitrogen and oxygen atoms in total. The van der Waals surface area contributed by atoms with E-state index in [1.54, 1.807) is 6.20 Å². The average molecular weight is 497 g/mol. The molecule has 1 aromatic heterocycles. The zero-order valence-electron chi connectivity index (χ0n) is 22.2. The summed E-state index contributed by atoms with van der Waals surface area (Å²) in [5, 5.41) is 7.64. The molecule has 0 spiro atoms.